The molecule has 0 fully saturated rings. The van der Waals surface area contributed by atoms with Crippen LogP contribution in [0.3, 0.4) is 0 Å². The lowest BCUT2D eigenvalue weighted by molar-refractivity contribution is -0.116. The predicted molar refractivity (Wildman–Crippen MR) is 121 cm³/mol. The van der Waals surface area contributed by atoms with E-state index < -0.39 is 0 Å². The maximum Gasteiger partial charge on any atom is 0.255 e. The molecule has 6 heteroatoms. The van der Waals surface area contributed by atoms with Crippen molar-refractivity contribution in [1.29, 1.82) is 0 Å². The number of amides is 1. The van der Waals surface area contributed by atoms with Gasteiger partial charge in [-0.15, -0.1) is 0 Å². The lowest BCUT2D eigenvalue weighted by Crippen LogP contribution is -2.33. The lowest BCUT2D eigenvalue weighted by Gasteiger charge is -2.33. The standard InChI is InChI=1S/C25H26N4O2/c1-5-18-8-9-20(10-19(18)7-6-17-14-27-24(26)28-15-17)23(31)29-21-11-22(30)13-25(4,12-21)16(2)3/h8-11,14-15H,2,5,12-13H2,1,3-4H3,(H,29,31)(H2,26,27,28). The number of nitrogen functional groups attached to an aromatic ring is 1. The van der Waals surface area contributed by atoms with Gasteiger partial charge in [-0.3, -0.25) is 9.59 Å². The van der Waals surface area contributed by atoms with Gasteiger partial charge in [-0.25, -0.2) is 9.97 Å². The average molecular weight is 415 g/mol. The second-order valence-corrected chi connectivity index (χ2v) is 8.09. The Bertz CT molecular complexity index is 1140. The number of nitrogens with zero attached hydrogens (tertiary/aromatic N) is 2. The number of benzene rings is 1. The van der Waals surface area contributed by atoms with Crippen molar-refractivity contribution in [1.82, 2.24) is 15.3 Å². The van der Waals surface area contributed by atoms with Gasteiger partial charge in [0.25, 0.3) is 5.91 Å². The van der Waals surface area contributed by atoms with Crippen LogP contribution in [0.4, 0.5) is 5.95 Å². The number of hydrogen-bond acceptors (Lipinski definition) is 5. The zero-order chi connectivity index (χ0) is 22.6. The SMILES string of the molecule is C=C(C)C1(C)CC(=O)C=C(NC(=O)c2ccc(CC)c(C#Cc3cnc(N)nc3)c2)C1. The van der Waals surface area contributed by atoms with Gasteiger partial charge in [0, 0.05) is 47.1 Å². The van der Waals surface area contributed by atoms with Crippen LogP contribution in [0, 0.1) is 17.3 Å². The Balaban J connectivity index is 1.84. The molecule has 1 unspecified atom stereocenters. The molecule has 1 heterocycles. The largest absolute Gasteiger partial charge is 0.368 e. The number of nitrogens with one attached hydrogen (secondary N) is 1. The molecule has 1 amide bonds. The monoisotopic (exact) mass is 414 g/mol. The highest BCUT2D eigenvalue weighted by Crippen LogP contribution is 2.39. The van der Waals surface area contributed by atoms with Crippen LogP contribution < -0.4 is 11.1 Å². The number of carbonyl (C=O) groups excluding carboxylic acids is 2. The second-order valence-electron chi connectivity index (χ2n) is 8.09. The first-order valence-electron chi connectivity index (χ1n) is 10.1. The fourth-order valence-electron chi connectivity index (χ4n) is 3.45. The van der Waals surface area contributed by atoms with Crippen molar-refractivity contribution in [3.05, 3.63) is 76.8 Å². The van der Waals surface area contributed by atoms with Crippen molar-refractivity contribution in [2.75, 3.05) is 5.73 Å². The minimum absolute atomic E-state index is 0.00865. The summed E-state index contributed by atoms with van der Waals surface area (Å²) in [6, 6.07) is 5.44. The zero-order valence-electron chi connectivity index (χ0n) is 18.1. The van der Waals surface area contributed by atoms with E-state index in [1.807, 2.05) is 26.8 Å². The van der Waals surface area contributed by atoms with Crippen LogP contribution in [0.25, 0.3) is 0 Å². The van der Waals surface area contributed by atoms with Gasteiger partial charge in [0.05, 0.1) is 5.56 Å². The number of anilines is 1. The van der Waals surface area contributed by atoms with E-state index in [-0.39, 0.29) is 23.1 Å². The third-order valence-electron chi connectivity index (χ3n) is 5.55. The third-order valence-corrected chi connectivity index (χ3v) is 5.55. The summed E-state index contributed by atoms with van der Waals surface area (Å²) in [7, 11) is 0. The molecule has 0 radical (unpaired) electrons. The molecule has 0 saturated carbocycles. The van der Waals surface area contributed by atoms with Gasteiger partial charge in [0.15, 0.2) is 5.78 Å². The number of allylic oxidation sites excluding steroid dienone is 3. The molecule has 3 rings (SSSR count). The number of rotatable bonds is 4. The minimum atomic E-state index is -0.349. The first-order chi connectivity index (χ1) is 14.7. The molecule has 158 valence electrons. The topological polar surface area (TPSA) is 98.0 Å². The summed E-state index contributed by atoms with van der Waals surface area (Å²) in [5, 5.41) is 2.90. The summed E-state index contributed by atoms with van der Waals surface area (Å²) in [6.45, 7) is 9.96. The number of hydrogen-bond donors (Lipinski definition) is 2. The van der Waals surface area contributed by atoms with Crippen LogP contribution in [0.15, 0.2) is 54.5 Å². The molecule has 0 aliphatic heterocycles. The predicted octanol–water partition coefficient (Wildman–Crippen LogP) is 3.58. The van der Waals surface area contributed by atoms with E-state index in [4.69, 9.17) is 5.73 Å². The van der Waals surface area contributed by atoms with E-state index in [2.05, 4.69) is 33.7 Å². The lowest BCUT2D eigenvalue weighted by atomic mass is 9.72. The molecule has 0 spiro atoms. The summed E-state index contributed by atoms with van der Waals surface area (Å²) in [4.78, 5) is 33.0. The normalized spacial score (nSPS) is 17.9. The number of nitrogens with two attached hydrogens (primary N) is 1. The Morgan fingerprint density at radius 2 is 1.97 bits per heavy atom. The summed E-state index contributed by atoms with van der Waals surface area (Å²) >= 11 is 0. The van der Waals surface area contributed by atoms with E-state index in [9.17, 15) is 9.59 Å². The quantitative estimate of drug-likeness (QED) is 0.589. The van der Waals surface area contributed by atoms with Gasteiger partial charge in [0.1, 0.15) is 0 Å². The van der Waals surface area contributed by atoms with Crippen molar-refractivity contribution in [3.63, 3.8) is 0 Å². The Labute approximate surface area is 182 Å². The maximum atomic E-state index is 12.9. The van der Waals surface area contributed by atoms with Gasteiger partial charge in [0.2, 0.25) is 5.95 Å². The van der Waals surface area contributed by atoms with Gasteiger partial charge < -0.3 is 11.1 Å². The summed E-state index contributed by atoms with van der Waals surface area (Å²) in [5.41, 5.74) is 9.59. The minimum Gasteiger partial charge on any atom is -0.368 e. The molecule has 0 bridgehead atoms. The van der Waals surface area contributed by atoms with Gasteiger partial charge in [-0.1, -0.05) is 43.9 Å². The number of ketones is 1. The molecule has 1 aliphatic carbocycles. The first-order valence-corrected chi connectivity index (χ1v) is 10.1. The summed E-state index contributed by atoms with van der Waals surface area (Å²) < 4.78 is 0. The van der Waals surface area contributed by atoms with Crippen LogP contribution in [0.5, 0.6) is 0 Å². The van der Waals surface area contributed by atoms with E-state index in [1.54, 1.807) is 24.5 Å². The molecule has 1 aliphatic rings. The Morgan fingerprint density at radius 3 is 2.61 bits per heavy atom. The smallest absolute Gasteiger partial charge is 0.255 e. The molecule has 1 aromatic carbocycles. The molecule has 1 aromatic heterocycles. The van der Waals surface area contributed by atoms with Crippen LogP contribution >= 0.6 is 0 Å². The van der Waals surface area contributed by atoms with Crippen molar-refractivity contribution < 1.29 is 9.59 Å². The fourth-order valence-corrected chi connectivity index (χ4v) is 3.45. The molecule has 6 nitrogen and oxygen atoms in total. The fraction of sp³-hybridized carbons (Fsp3) is 0.280. The molecule has 31 heavy (non-hydrogen) atoms. The summed E-state index contributed by atoms with van der Waals surface area (Å²) in [5.74, 6) is 6.03. The summed E-state index contributed by atoms with van der Waals surface area (Å²) in [6.07, 6.45) is 6.38. The molecule has 3 N–H and O–H groups in total. The zero-order valence-corrected chi connectivity index (χ0v) is 18.1. The van der Waals surface area contributed by atoms with Crippen LogP contribution in [0.1, 0.15) is 60.7 Å². The molecule has 1 atom stereocenters. The van der Waals surface area contributed by atoms with E-state index in [0.29, 0.717) is 29.7 Å². The number of aryl methyl sites for hydroxylation is 1. The Morgan fingerprint density at radius 1 is 1.26 bits per heavy atom. The second kappa shape index (κ2) is 8.97. The van der Waals surface area contributed by atoms with Gasteiger partial charge >= 0.3 is 0 Å². The van der Waals surface area contributed by atoms with Gasteiger partial charge in [-0.05, 0) is 37.5 Å². The van der Waals surface area contributed by atoms with Crippen LogP contribution in [-0.4, -0.2) is 21.7 Å². The van der Waals surface area contributed by atoms with Crippen LogP contribution in [-0.2, 0) is 11.2 Å². The van der Waals surface area contributed by atoms with Crippen molar-refractivity contribution in [2.24, 2.45) is 5.41 Å². The maximum absolute atomic E-state index is 12.9. The average Bonchev–Trinajstić information content (AvgIpc) is 2.72. The molecule has 0 saturated heterocycles. The van der Waals surface area contributed by atoms with Crippen molar-refractivity contribution in [2.45, 2.75) is 40.0 Å². The molecular weight excluding hydrogens is 388 g/mol. The molecular formula is C25H26N4O2. The van der Waals surface area contributed by atoms with E-state index in [1.165, 1.54) is 6.08 Å². The number of aromatic nitrogens is 2. The third kappa shape index (κ3) is 5.26. The highest BCUT2D eigenvalue weighted by Gasteiger charge is 2.33. The van der Waals surface area contributed by atoms with Crippen molar-refractivity contribution in [3.8, 4) is 11.8 Å². The highest BCUT2D eigenvalue weighted by atomic mass is 16.1. The van der Waals surface area contributed by atoms with Crippen molar-refractivity contribution >= 4 is 17.6 Å². The molecule has 2 aromatic rings. The first kappa shape index (κ1) is 22.0. The Hall–Kier alpha value is -3.72. The van der Waals surface area contributed by atoms with E-state index >= 15 is 0 Å². The number of carbonyl (C=O) groups is 2. The van der Waals surface area contributed by atoms with E-state index in [0.717, 1.165) is 23.1 Å². The van der Waals surface area contributed by atoms with Crippen LogP contribution in [0.2, 0.25) is 0 Å². The van der Waals surface area contributed by atoms with Gasteiger partial charge in [-0.2, -0.15) is 0 Å². The highest BCUT2D eigenvalue weighted by molar-refractivity contribution is 5.98. The Kier molecular flexibility index (Phi) is 6.36.